The number of nitrogens with zero attached hydrogens (tertiary/aromatic N) is 1. The maximum atomic E-state index is 12.8. The van der Waals surface area contributed by atoms with E-state index in [9.17, 15) is 22.8 Å². The Morgan fingerprint density at radius 1 is 1.23 bits per heavy atom. The molecule has 2 atom stereocenters. The molecule has 1 heterocycles. The maximum Gasteiger partial charge on any atom is 0.393 e. The van der Waals surface area contributed by atoms with Crippen molar-refractivity contribution in [2.24, 2.45) is 11.8 Å². The van der Waals surface area contributed by atoms with Gasteiger partial charge in [-0.15, -0.1) is 0 Å². The van der Waals surface area contributed by atoms with Crippen LogP contribution in [0.4, 0.5) is 18.9 Å². The molecule has 1 fully saturated rings. The van der Waals surface area contributed by atoms with Crippen LogP contribution in [0.2, 0.25) is 0 Å². The minimum atomic E-state index is -4.59. The standard InChI is InChI=1S/C14H15F3N2O3/c15-14(16,17)11-7-19(6-10(11)13(21)22)8-12(20)18-9-4-2-1-3-5-9/h1-5,10-11H,6-8H2,(H,18,20)(H,21,22)/t10-,11-/m1/s1. The number of carboxylic acid groups (broad SMARTS) is 1. The van der Waals surface area contributed by atoms with Crippen LogP contribution in [0.15, 0.2) is 30.3 Å². The van der Waals surface area contributed by atoms with E-state index in [1.807, 2.05) is 0 Å². The van der Waals surface area contributed by atoms with Crippen LogP contribution in [-0.4, -0.2) is 47.7 Å². The molecule has 22 heavy (non-hydrogen) atoms. The Balaban J connectivity index is 1.96. The summed E-state index contributed by atoms with van der Waals surface area (Å²) in [5, 5.41) is 11.5. The van der Waals surface area contributed by atoms with E-state index in [1.54, 1.807) is 30.3 Å². The first-order valence-electron chi connectivity index (χ1n) is 6.64. The van der Waals surface area contributed by atoms with Gasteiger partial charge in [0, 0.05) is 18.8 Å². The lowest BCUT2D eigenvalue weighted by atomic mass is 9.96. The molecule has 0 aromatic heterocycles. The fourth-order valence-electron chi connectivity index (χ4n) is 2.52. The molecule has 0 radical (unpaired) electrons. The zero-order valence-corrected chi connectivity index (χ0v) is 11.5. The first kappa shape index (κ1) is 16.3. The number of benzene rings is 1. The molecular weight excluding hydrogens is 301 g/mol. The summed E-state index contributed by atoms with van der Waals surface area (Å²) in [4.78, 5) is 24.0. The number of nitrogens with one attached hydrogen (secondary N) is 1. The maximum absolute atomic E-state index is 12.8. The van der Waals surface area contributed by atoms with Gasteiger partial charge in [0.1, 0.15) is 0 Å². The number of aliphatic carboxylic acids is 1. The molecule has 1 amide bonds. The molecule has 1 saturated heterocycles. The van der Waals surface area contributed by atoms with E-state index in [-0.39, 0.29) is 13.1 Å². The molecule has 2 rings (SSSR count). The summed E-state index contributed by atoms with van der Waals surface area (Å²) in [7, 11) is 0. The Hall–Kier alpha value is -2.09. The Morgan fingerprint density at radius 3 is 2.36 bits per heavy atom. The van der Waals surface area contributed by atoms with Crippen molar-refractivity contribution in [3.63, 3.8) is 0 Å². The van der Waals surface area contributed by atoms with E-state index < -0.39 is 36.4 Å². The average Bonchev–Trinajstić information content (AvgIpc) is 2.83. The van der Waals surface area contributed by atoms with E-state index in [2.05, 4.69) is 5.32 Å². The number of amides is 1. The number of halogens is 3. The largest absolute Gasteiger partial charge is 0.481 e. The SMILES string of the molecule is O=C(CN1C[C@@H](C(F)(F)F)[C@H](C(=O)O)C1)Nc1ccccc1. The van der Waals surface area contributed by atoms with E-state index in [4.69, 9.17) is 5.11 Å². The van der Waals surface area contributed by atoms with Crippen molar-refractivity contribution in [2.75, 3.05) is 25.0 Å². The summed E-state index contributed by atoms with van der Waals surface area (Å²) in [6, 6.07) is 8.50. The third kappa shape index (κ3) is 3.97. The molecule has 0 bridgehead atoms. The second-order valence-electron chi connectivity index (χ2n) is 5.20. The predicted molar refractivity (Wildman–Crippen MR) is 72.2 cm³/mol. The van der Waals surface area contributed by atoms with Gasteiger partial charge < -0.3 is 10.4 Å². The quantitative estimate of drug-likeness (QED) is 0.889. The van der Waals surface area contributed by atoms with Gasteiger partial charge in [0.15, 0.2) is 0 Å². The molecule has 1 aliphatic heterocycles. The van der Waals surface area contributed by atoms with Crippen molar-refractivity contribution in [1.82, 2.24) is 4.90 Å². The molecule has 1 aromatic rings. The van der Waals surface area contributed by atoms with Crippen LogP contribution in [-0.2, 0) is 9.59 Å². The van der Waals surface area contributed by atoms with Crippen LogP contribution < -0.4 is 5.32 Å². The van der Waals surface area contributed by atoms with Crippen molar-refractivity contribution in [2.45, 2.75) is 6.18 Å². The smallest absolute Gasteiger partial charge is 0.393 e. The number of hydrogen-bond acceptors (Lipinski definition) is 3. The molecule has 0 aliphatic carbocycles. The van der Waals surface area contributed by atoms with Crippen LogP contribution in [0, 0.1) is 11.8 Å². The molecule has 1 aromatic carbocycles. The van der Waals surface area contributed by atoms with Gasteiger partial charge in [0.25, 0.3) is 0 Å². The monoisotopic (exact) mass is 316 g/mol. The van der Waals surface area contributed by atoms with E-state index in [0.717, 1.165) is 0 Å². The number of hydrogen-bond donors (Lipinski definition) is 2. The summed E-state index contributed by atoms with van der Waals surface area (Å²) in [6.45, 7) is -1.05. The minimum absolute atomic E-state index is 0.273. The average molecular weight is 316 g/mol. The number of rotatable bonds is 4. The highest BCUT2D eigenvalue weighted by Gasteiger charge is 2.52. The van der Waals surface area contributed by atoms with Gasteiger partial charge in [-0.3, -0.25) is 14.5 Å². The first-order valence-corrected chi connectivity index (χ1v) is 6.64. The van der Waals surface area contributed by atoms with Crippen LogP contribution >= 0.6 is 0 Å². The fourth-order valence-corrected chi connectivity index (χ4v) is 2.52. The van der Waals surface area contributed by atoms with Crippen molar-refractivity contribution in [3.8, 4) is 0 Å². The predicted octanol–water partition coefficient (Wildman–Crippen LogP) is 1.82. The molecule has 0 saturated carbocycles. The van der Waals surface area contributed by atoms with Crippen LogP contribution in [0.1, 0.15) is 0 Å². The van der Waals surface area contributed by atoms with Gasteiger partial charge in [-0.25, -0.2) is 0 Å². The Labute approximate surface area is 124 Å². The number of carbonyl (C=O) groups excluding carboxylic acids is 1. The van der Waals surface area contributed by atoms with Crippen molar-refractivity contribution in [3.05, 3.63) is 30.3 Å². The summed E-state index contributed by atoms with van der Waals surface area (Å²) >= 11 is 0. The first-order chi connectivity index (χ1) is 10.3. The van der Waals surface area contributed by atoms with Gasteiger partial charge in [0.2, 0.25) is 5.91 Å². The normalized spacial score (nSPS) is 22.5. The third-order valence-corrected chi connectivity index (χ3v) is 3.56. The lowest BCUT2D eigenvalue weighted by Crippen LogP contribution is -2.34. The highest BCUT2D eigenvalue weighted by atomic mass is 19.4. The van der Waals surface area contributed by atoms with Crippen molar-refractivity contribution in [1.29, 1.82) is 0 Å². The molecule has 8 heteroatoms. The highest BCUT2D eigenvalue weighted by molar-refractivity contribution is 5.92. The Morgan fingerprint density at radius 2 is 1.86 bits per heavy atom. The van der Waals surface area contributed by atoms with E-state index in [0.29, 0.717) is 5.69 Å². The van der Waals surface area contributed by atoms with Gasteiger partial charge in [-0.2, -0.15) is 13.2 Å². The molecule has 5 nitrogen and oxygen atoms in total. The number of carboxylic acids is 1. The molecule has 0 spiro atoms. The van der Waals surface area contributed by atoms with Gasteiger partial charge in [-0.05, 0) is 12.1 Å². The minimum Gasteiger partial charge on any atom is -0.481 e. The summed E-state index contributed by atoms with van der Waals surface area (Å²) < 4.78 is 38.5. The summed E-state index contributed by atoms with van der Waals surface area (Å²) in [6.07, 6.45) is -4.59. The van der Waals surface area contributed by atoms with Crippen molar-refractivity contribution >= 4 is 17.6 Å². The number of para-hydroxylation sites is 1. The molecule has 2 N–H and O–H groups in total. The Bertz CT molecular complexity index is 548. The van der Waals surface area contributed by atoms with Gasteiger partial charge in [-0.1, -0.05) is 18.2 Å². The van der Waals surface area contributed by atoms with Crippen LogP contribution in [0.5, 0.6) is 0 Å². The van der Waals surface area contributed by atoms with E-state index >= 15 is 0 Å². The lowest BCUT2D eigenvalue weighted by Gasteiger charge is -2.18. The van der Waals surface area contributed by atoms with E-state index in [1.165, 1.54) is 4.90 Å². The molecule has 1 aliphatic rings. The zero-order chi connectivity index (χ0) is 16.3. The molecule has 120 valence electrons. The number of likely N-dealkylation sites (tertiary alicyclic amines) is 1. The second-order valence-corrected chi connectivity index (χ2v) is 5.20. The second kappa shape index (κ2) is 6.35. The summed E-state index contributed by atoms with van der Waals surface area (Å²) in [5.74, 6) is -5.45. The van der Waals surface area contributed by atoms with Crippen LogP contribution in [0.3, 0.4) is 0 Å². The van der Waals surface area contributed by atoms with Crippen molar-refractivity contribution < 1.29 is 27.9 Å². The molecular formula is C14H15F3N2O3. The number of anilines is 1. The number of alkyl halides is 3. The topological polar surface area (TPSA) is 69.6 Å². The van der Waals surface area contributed by atoms with Gasteiger partial charge in [0.05, 0.1) is 18.4 Å². The summed E-state index contributed by atoms with van der Waals surface area (Å²) in [5.41, 5.74) is 0.536. The van der Waals surface area contributed by atoms with Gasteiger partial charge >= 0.3 is 12.1 Å². The fraction of sp³-hybridized carbons (Fsp3) is 0.429. The Kier molecular flexibility index (Phi) is 4.70. The highest BCUT2D eigenvalue weighted by Crippen LogP contribution is 2.37. The lowest BCUT2D eigenvalue weighted by molar-refractivity contribution is -0.188. The number of carbonyl (C=O) groups is 2. The third-order valence-electron chi connectivity index (χ3n) is 3.56. The van der Waals surface area contributed by atoms with Crippen LogP contribution in [0.25, 0.3) is 0 Å². The zero-order valence-electron chi connectivity index (χ0n) is 11.5. The molecule has 0 unspecified atom stereocenters.